The summed E-state index contributed by atoms with van der Waals surface area (Å²) in [7, 11) is -0.138. The normalized spacial score (nSPS) is 14.2. The number of benzene rings is 1. The summed E-state index contributed by atoms with van der Waals surface area (Å²) in [6, 6.07) is 7.80. The van der Waals surface area contributed by atoms with E-state index in [0.29, 0.717) is 13.0 Å². The standard InChI is InChI=1S/C16H28O3Si/c1-16(2,3)20(5,6)19-12-14(17)10-13-8-7-9-15(11-13)18-4/h7-9,11,14,17H,10,12H2,1-6H3. The van der Waals surface area contributed by atoms with Gasteiger partial charge in [-0.3, -0.25) is 0 Å². The Labute approximate surface area is 124 Å². The molecule has 0 heterocycles. The molecule has 1 aromatic rings. The van der Waals surface area contributed by atoms with Crippen LogP contribution in [0, 0.1) is 0 Å². The van der Waals surface area contributed by atoms with Crippen molar-refractivity contribution in [1.82, 2.24) is 0 Å². The number of rotatable bonds is 6. The summed E-state index contributed by atoms with van der Waals surface area (Å²) in [6.07, 6.45) is 0.113. The first kappa shape index (κ1) is 17.2. The number of ether oxygens (including phenoxy) is 1. The van der Waals surface area contributed by atoms with Crippen molar-refractivity contribution in [3.05, 3.63) is 29.8 Å². The number of hydrogen-bond donors (Lipinski definition) is 1. The van der Waals surface area contributed by atoms with Crippen LogP contribution >= 0.6 is 0 Å². The summed E-state index contributed by atoms with van der Waals surface area (Å²) in [6.45, 7) is 11.4. The SMILES string of the molecule is COc1cccc(CC(O)CO[Si](C)(C)C(C)(C)C)c1. The maximum Gasteiger partial charge on any atom is 0.192 e. The van der Waals surface area contributed by atoms with Crippen LogP contribution in [-0.2, 0) is 10.8 Å². The van der Waals surface area contributed by atoms with E-state index < -0.39 is 14.4 Å². The molecule has 0 aromatic heterocycles. The van der Waals surface area contributed by atoms with Crippen LogP contribution in [0.3, 0.4) is 0 Å². The lowest BCUT2D eigenvalue weighted by Gasteiger charge is -2.36. The molecule has 1 aromatic carbocycles. The van der Waals surface area contributed by atoms with E-state index in [2.05, 4.69) is 33.9 Å². The molecule has 0 saturated carbocycles. The minimum atomic E-state index is -1.79. The summed E-state index contributed by atoms with van der Waals surface area (Å²) in [4.78, 5) is 0. The van der Waals surface area contributed by atoms with Crippen molar-refractivity contribution in [2.75, 3.05) is 13.7 Å². The van der Waals surface area contributed by atoms with Crippen LogP contribution in [0.5, 0.6) is 5.75 Å². The highest BCUT2D eigenvalue weighted by Crippen LogP contribution is 2.36. The van der Waals surface area contributed by atoms with Gasteiger partial charge in [-0.05, 0) is 35.8 Å². The fraction of sp³-hybridized carbons (Fsp3) is 0.625. The quantitative estimate of drug-likeness (QED) is 0.815. The fourth-order valence-electron chi connectivity index (χ4n) is 1.65. The van der Waals surface area contributed by atoms with Crippen molar-refractivity contribution in [1.29, 1.82) is 0 Å². The van der Waals surface area contributed by atoms with Gasteiger partial charge in [0.2, 0.25) is 0 Å². The molecule has 0 aliphatic carbocycles. The zero-order valence-corrected chi connectivity index (χ0v) is 14.6. The average molecular weight is 296 g/mol. The Morgan fingerprint density at radius 1 is 1.25 bits per heavy atom. The third kappa shape index (κ3) is 4.92. The van der Waals surface area contributed by atoms with Gasteiger partial charge in [0.25, 0.3) is 0 Å². The largest absolute Gasteiger partial charge is 0.497 e. The molecule has 3 nitrogen and oxygen atoms in total. The van der Waals surface area contributed by atoms with Gasteiger partial charge in [0, 0.05) is 6.42 Å². The molecule has 1 N–H and O–H groups in total. The molecule has 0 saturated heterocycles. The van der Waals surface area contributed by atoms with Gasteiger partial charge in [0.15, 0.2) is 8.32 Å². The zero-order chi connectivity index (χ0) is 15.4. The fourth-order valence-corrected chi connectivity index (χ4v) is 2.69. The summed E-state index contributed by atoms with van der Waals surface area (Å²) in [5, 5.41) is 10.3. The molecular weight excluding hydrogens is 268 g/mol. The van der Waals surface area contributed by atoms with E-state index in [9.17, 15) is 5.11 Å². The molecule has 0 bridgehead atoms. The molecule has 20 heavy (non-hydrogen) atoms. The molecule has 0 aliphatic rings. The van der Waals surface area contributed by atoms with Crippen LogP contribution in [0.15, 0.2) is 24.3 Å². The molecule has 0 fully saturated rings. The van der Waals surface area contributed by atoms with Gasteiger partial charge in [-0.15, -0.1) is 0 Å². The van der Waals surface area contributed by atoms with Crippen LogP contribution < -0.4 is 4.74 Å². The lowest BCUT2D eigenvalue weighted by molar-refractivity contribution is 0.100. The summed E-state index contributed by atoms with van der Waals surface area (Å²) >= 11 is 0. The molecule has 0 radical (unpaired) electrons. The lowest BCUT2D eigenvalue weighted by atomic mass is 10.1. The first-order chi connectivity index (χ1) is 9.15. The Morgan fingerprint density at radius 3 is 2.45 bits per heavy atom. The molecule has 1 rings (SSSR count). The topological polar surface area (TPSA) is 38.7 Å². The third-order valence-electron chi connectivity index (χ3n) is 4.05. The Morgan fingerprint density at radius 2 is 1.90 bits per heavy atom. The molecular formula is C16H28O3Si. The van der Waals surface area contributed by atoms with Gasteiger partial charge >= 0.3 is 0 Å². The molecule has 1 unspecified atom stereocenters. The smallest absolute Gasteiger partial charge is 0.192 e. The van der Waals surface area contributed by atoms with Gasteiger partial charge in [-0.1, -0.05) is 32.9 Å². The summed E-state index contributed by atoms with van der Waals surface area (Å²) in [5.41, 5.74) is 1.07. The molecule has 0 spiro atoms. The Kier molecular flexibility index (Phi) is 5.80. The number of aliphatic hydroxyl groups excluding tert-OH is 1. The predicted molar refractivity (Wildman–Crippen MR) is 85.9 cm³/mol. The van der Waals surface area contributed by atoms with Gasteiger partial charge in [0.1, 0.15) is 5.75 Å². The van der Waals surface area contributed by atoms with E-state index in [1.165, 1.54) is 0 Å². The Hall–Kier alpha value is -0.843. The highest BCUT2D eigenvalue weighted by Gasteiger charge is 2.37. The second-order valence-corrected chi connectivity index (χ2v) is 11.6. The molecule has 114 valence electrons. The van der Waals surface area contributed by atoms with Crippen molar-refractivity contribution in [3.63, 3.8) is 0 Å². The number of aliphatic hydroxyl groups is 1. The van der Waals surface area contributed by atoms with Crippen LogP contribution in [0.4, 0.5) is 0 Å². The number of methoxy groups -OCH3 is 1. The highest BCUT2D eigenvalue weighted by molar-refractivity contribution is 6.74. The molecule has 0 aliphatic heterocycles. The van der Waals surface area contributed by atoms with Crippen molar-refractivity contribution in [2.45, 2.75) is 51.4 Å². The van der Waals surface area contributed by atoms with Gasteiger partial charge in [-0.2, -0.15) is 0 Å². The van der Waals surface area contributed by atoms with Crippen LogP contribution in [-0.4, -0.2) is 33.2 Å². The second-order valence-electron chi connectivity index (χ2n) is 6.78. The maximum absolute atomic E-state index is 10.2. The molecule has 4 heteroatoms. The summed E-state index contributed by atoms with van der Waals surface area (Å²) < 4.78 is 11.2. The zero-order valence-electron chi connectivity index (χ0n) is 13.6. The van der Waals surface area contributed by atoms with Crippen LogP contribution in [0.2, 0.25) is 18.1 Å². The van der Waals surface area contributed by atoms with E-state index >= 15 is 0 Å². The van der Waals surface area contributed by atoms with Crippen LogP contribution in [0.25, 0.3) is 0 Å². The van der Waals surface area contributed by atoms with Crippen molar-refractivity contribution >= 4 is 8.32 Å². The third-order valence-corrected chi connectivity index (χ3v) is 8.55. The Balaban J connectivity index is 2.53. The highest BCUT2D eigenvalue weighted by atomic mass is 28.4. The first-order valence-electron chi connectivity index (χ1n) is 7.10. The Bertz CT molecular complexity index is 424. The van der Waals surface area contributed by atoms with E-state index in [4.69, 9.17) is 9.16 Å². The minimum Gasteiger partial charge on any atom is -0.497 e. The predicted octanol–water partition coefficient (Wildman–Crippen LogP) is 3.62. The minimum absolute atomic E-state index is 0.169. The maximum atomic E-state index is 10.2. The van der Waals surface area contributed by atoms with E-state index in [1.54, 1.807) is 7.11 Å². The second kappa shape index (κ2) is 6.74. The summed E-state index contributed by atoms with van der Waals surface area (Å²) in [5.74, 6) is 0.819. The first-order valence-corrected chi connectivity index (χ1v) is 10.0. The monoisotopic (exact) mass is 296 g/mol. The van der Waals surface area contributed by atoms with Gasteiger partial charge in [0.05, 0.1) is 19.8 Å². The van der Waals surface area contributed by atoms with Crippen LogP contribution in [0.1, 0.15) is 26.3 Å². The average Bonchev–Trinajstić information content (AvgIpc) is 2.35. The molecule has 0 amide bonds. The lowest BCUT2D eigenvalue weighted by Crippen LogP contribution is -2.42. The van der Waals surface area contributed by atoms with Crippen molar-refractivity contribution < 1.29 is 14.3 Å². The van der Waals surface area contributed by atoms with Gasteiger partial charge in [-0.25, -0.2) is 0 Å². The number of hydrogen-bond acceptors (Lipinski definition) is 3. The van der Waals surface area contributed by atoms with E-state index in [0.717, 1.165) is 11.3 Å². The van der Waals surface area contributed by atoms with E-state index in [-0.39, 0.29) is 5.04 Å². The van der Waals surface area contributed by atoms with E-state index in [1.807, 2.05) is 24.3 Å². The van der Waals surface area contributed by atoms with Crippen molar-refractivity contribution in [3.8, 4) is 5.75 Å². The van der Waals surface area contributed by atoms with Crippen molar-refractivity contribution in [2.24, 2.45) is 0 Å². The van der Waals surface area contributed by atoms with Gasteiger partial charge < -0.3 is 14.3 Å². The molecule has 1 atom stereocenters.